The lowest BCUT2D eigenvalue weighted by Gasteiger charge is -2.18. The average Bonchev–Trinajstić information content (AvgIpc) is 3.24. The molecule has 1 atom stereocenters. The zero-order valence-corrected chi connectivity index (χ0v) is 39.7. The summed E-state index contributed by atoms with van der Waals surface area (Å²) in [7, 11) is 0. The van der Waals surface area contributed by atoms with Crippen LogP contribution in [0.5, 0.6) is 0 Å². The first kappa shape index (κ1) is 57.4. The van der Waals surface area contributed by atoms with Crippen LogP contribution in [0.2, 0.25) is 0 Å². The van der Waals surface area contributed by atoms with Crippen molar-refractivity contribution in [3.8, 4) is 0 Å². The van der Waals surface area contributed by atoms with Crippen LogP contribution in [0.3, 0.4) is 0 Å². The summed E-state index contributed by atoms with van der Waals surface area (Å²) >= 11 is 0. The third kappa shape index (κ3) is 46.4. The maximum absolute atomic E-state index is 12.8. The minimum absolute atomic E-state index is 0.0809. The quantitative estimate of drug-likeness (QED) is 0.0263. The molecule has 0 saturated heterocycles. The second-order valence-corrected chi connectivity index (χ2v) is 17.1. The second-order valence-electron chi connectivity index (χ2n) is 17.1. The van der Waals surface area contributed by atoms with Crippen LogP contribution < -0.4 is 0 Å². The van der Waals surface area contributed by atoms with Crippen molar-refractivity contribution in [2.24, 2.45) is 0 Å². The Morgan fingerprint density at radius 2 is 0.650 bits per heavy atom. The Morgan fingerprint density at radius 3 is 1.05 bits per heavy atom. The van der Waals surface area contributed by atoms with Gasteiger partial charge in [-0.25, -0.2) is 0 Å². The summed E-state index contributed by atoms with van der Waals surface area (Å²) in [5, 5.41) is 0. The fraction of sp³-hybridized carbons (Fsp3) is 0.796. The number of carbonyl (C=O) groups excluding carboxylic acids is 3. The molecule has 0 fully saturated rings. The van der Waals surface area contributed by atoms with Gasteiger partial charge in [-0.15, -0.1) is 0 Å². The van der Waals surface area contributed by atoms with E-state index in [0.29, 0.717) is 19.3 Å². The van der Waals surface area contributed by atoms with Crippen LogP contribution in [0, 0.1) is 0 Å². The number of hydrogen-bond donors (Lipinski definition) is 0. The third-order valence-corrected chi connectivity index (χ3v) is 11.1. The molecule has 0 aromatic rings. The van der Waals surface area contributed by atoms with Crippen LogP contribution in [0.4, 0.5) is 0 Å². The van der Waals surface area contributed by atoms with Gasteiger partial charge in [0.15, 0.2) is 6.10 Å². The zero-order chi connectivity index (χ0) is 43.7. The van der Waals surface area contributed by atoms with E-state index in [-0.39, 0.29) is 31.1 Å². The van der Waals surface area contributed by atoms with Crippen molar-refractivity contribution in [3.63, 3.8) is 0 Å². The van der Waals surface area contributed by atoms with Crippen LogP contribution in [0.25, 0.3) is 0 Å². The Labute approximate surface area is 371 Å². The summed E-state index contributed by atoms with van der Waals surface area (Å²) < 4.78 is 16.8. The van der Waals surface area contributed by atoms with E-state index < -0.39 is 6.10 Å². The number of ether oxygens (including phenoxy) is 3. The van der Waals surface area contributed by atoms with E-state index in [1.165, 1.54) is 116 Å². The highest BCUT2D eigenvalue weighted by Crippen LogP contribution is 2.15. The minimum Gasteiger partial charge on any atom is -0.462 e. The van der Waals surface area contributed by atoms with E-state index in [9.17, 15) is 14.4 Å². The number of esters is 3. The van der Waals surface area contributed by atoms with Crippen molar-refractivity contribution in [1.29, 1.82) is 0 Å². The molecule has 6 nitrogen and oxygen atoms in total. The molecule has 60 heavy (non-hydrogen) atoms. The molecule has 0 aromatic carbocycles. The third-order valence-electron chi connectivity index (χ3n) is 11.1. The zero-order valence-electron chi connectivity index (χ0n) is 39.7. The lowest BCUT2D eigenvalue weighted by molar-refractivity contribution is -0.167. The van der Waals surface area contributed by atoms with Gasteiger partial charge in [-0.3, -0.25) is 14.4 Å². The van der Waals surface area contributed by atoms with Crippen molar-refractivity contribution < 1.29 is 28.6 Å². The first-order valence-corrected chi connectivity index (χ1v) is 25.6. The Hall–Kier alpha value is -2.63. The average molecular weight is 841 g/mol. The van der Waals surface area contributed by atoms with Gasteiger partial charge in [-0.2, -0.15) is 0 Å². The maximum atomic E-state index is 12.8. The number of rotatable bonds is 46. The summed E-state index contributed by atoms with van der Waals surface area (Å²) in [6.07, 6.45) is 58.0. The fourth-order valence-electron chi connectivity index (χ4n) is 7.22. The summed E-state index contributed by atoms with van der Waals surface area (Å²) in [5.41, 5.74) is 0. The van der Waals surface area contributed by atoms with Gasteiger partial charge in [0.05, 0.1) is 0 Å². The maximum Gasteiger partial charge on any atom is 0.306 e. The monoisotopic (exact) mass is 841 g/mol. The number of carbonyl (C=O) groups is 3. The SMILES string of the molecule is CC/C=C\C/C=C\C/C=C\CCCCCCCC(=O)OC[C@@H](COC(=O)CCCCCCC/C=C\CCCCCC)OC(=O)CCCCCCCCCCCCCCCC. The minimum atomic E-state index is -0.779. The van der Waals surface area contributed by atoms with Gasteiger partial charge in [0.25, 0.3) is 0 Å². The molecule has 0 aliphatic heterocycles. The topological polar surface area (TPSA) is 78.9 Å². The summed E-state index contributed by atoms with van der Waals surface area (Å²) in [5.74, 6) is -0.898. The van der Waals surface area contributed by atoms with Crippen molar-refractivity contribution in [2.45, 2.75) is 264 Å². The van der Waals surface area contributed by atoms with Crippen LogP contribution in [0.1, 0.15) is 258 Å². The summed E-state index contributed by atoms with van der Waals surface area (Å²) in [6, 6.07) is 0. The molecule has 0 unspecified atom stereocenters. The molecule has 0 spiro atoms. The largest absolute Gasteiger partial charge is 0.462 e. The van der Waals surface area contributed by atoms with Gasteiger partial charge in [0.2, 0.25) is 0 Å². The predicted molar refractivity (Wildman–Crippen MR) is 256 cm³/mol. The highest BCUT2D eigenvalue weighted by Gasteiger charge is 2.19. The first-order chi connectivity index (χ1) is 29.5. The molecular formula is C54H96O6. The molecule has 0 radical (unpaired) electrons. The van der Waals surface area contributed by atoms with E-state index in [1.807, 2.05) is 0 Å². The standard InChI is InChI=1S/C54H96O6/c1-4-7-10-13-16-19-22-25-27-30-32-35-38-41-44-47-53(56)59-50-51(49-58-52(55)46-43-40-37-34-31-28-24-21-18-15-12-9-6-3)60-54(57)48-45-42-39-36-33-29-26-23-20-17-14-11-8-5-2/h7,10,16,19,21,24-25,27,51H,4-6,8-9,11-15,17-18,20,22-23,26,28-50H2,1-3H3/b10-7-,19-16-,24-21-,27-25-/t51-/m1/s1. The van der Waals surface area contributed by atoms with Gasteiger partial charge in [0.1, 0.15) is 13.2 Å². The molecule has 0 amide bonds. The number of hydrogen-bond acceptors (Lipinski definition) is 6. The van der Waals surface area contributed by atoms with Crippen LogP contribution in [0.15, 0.2) is 48.6 Å². The molecule has 0 aromatic heterocycles. The Balaban J connectivity index is 4.40. The molecule has 348 valence electrons. The predicted octanol–water partition coefficient (Wildman–Crippen LogP) is 16.7. The molecule has 0 heterocycles. The highest BCUT2D eigenvalue weighted by atomic mass is 16.6. The normalized spacial score (nSPS) is 12.4. The van der Waals surface area contributed by atoms with Gasteiger partial charge in [-0.1, -0.05) is 211 Å². The molecular weight excluding hydrogens is 745 g/mol. The molecule has 0 aliphatic rings. The lowest BCUT2D eigenvalue weighted by atomic mass is 10.0. The van der Waals surface area contributed by atoms with Crippen molar-refractivity contribution >= 4 is 17.9 Å². The fourth-order valence-corrected chi connectivity index (χ4v) is 7.22. The number of unbranched alkanes of at least 4 members (excludes halogenated alkanes) is 27. The van der Waals surface area contributed by atoms with Crippen molar-refractivity contribution in [2.75, 3.05) is 13.2 Å². The Kier molecular flexibility index (Phi) is 46.9. The Morgan fingerprint density at radius 1 is 0.350 bits per heavy atom. The highest BCUT2D eigenvalue weighted by molar-refractivity contribution is 5.71. The Bertz CT molecular complexity index is 1060. The molecule has 0 rings (SSSR count). The van der Waals surface area contributed by atoms with Gasteiger partial charge in [0, 0.05) is 19.3 Å². The molecule has 0 aliphatic carbocycles. The second kappa shape index (κ2) is 49.0. The molecule has 0 bridgehead atoms. The van der Waals surface area contributed by atoms with Gasteiger partial charge in [-0.05, 0) is 77.0 Å². The van der Waals surface area contributed by atoms with Gasteiger partial charge < -0.3 is 14.2 Å². The van der Waals surface area contributed by atoms with E-state index in [2.05, 4.69) is 69.4 Å². The van der Waals surface area contributed by atoms with E-state index in [0.717, 1.165) is 103 Å². The van der Waals surface area contributed by atoms with Gasteiger partial charge >= 0.3 is 17.9 Å². The van der Waals surface area contributed by atoms with Crippen LogP contribution in [-0.2, 0) is 28.6 Å². The van der Waals surface area contributed by atoms with Crippen molar-refractivity contribution in [1.82, 2.24) is 0 Å². The van der Waals surface area contributed by atoms with E-state index in [4.69, 9.17) is 14.2 Å². The molecule has 0 N–H and O–H groups in total. The molecule has 6 heteroatoms. The summed E-state index contributed by atoms with van der Waals surface area (Å²) in [4.78, 5) is 37.9. The molecule has 0 saturated carbocycles. The van der Waals surface area contributed by atoms with E-state index >= 15 is 0 Å². The summed E-state index contributed by atoms with van der Waals surface area (Å²) in [6.45, 7) is 6.50. The smallest absolute Gasteiger partial charge is 0.306 e. The van der Waals surface area contributed by atoms with Crippen molar-refractivity contribution in [3.05, 3.63) is 48.6 Å². The first-order valence-electron chi connectivity index (χ1n) is 25.6. The van der Waals surface area contributed by atoms with Crippen LogP contribution in [-0.4, -0.2) is 37.2 Å². The number of allylic oxidation sites excluding steroid dienone is 8. The lowest BCUT2D eigenvalue weighted by Crippen LogP contribution is -2.30. The van der Waals surface area contributed by atoms with E-state index in [1.54, 1.807) is 0 Å². The van der Waals surface area contributed by atoms with Crippen LogP contribution >= 0.6 is 0 Å².